The number of aromatic nitrogens is 1. The Morgan fingerprint density at radius 3 is 2.59 bits per heavy atom. The summed E-state index contributed by atoms with van der Waals surface area (Å²) >= 11 is 1.63. The van der Waals surface area contributed by atoms with E-state index in [2.05, 4.69) is 37.8 Å². The Morgan fingerprint density at radius 1 is 1.29 bits per heavy atom. The van der Waals surface area contributed by atoms with E-state index in [1.165, 1.54) is 43.4 Å². The summed E-state index contributed by atoms with van der Waals surface area (Å²) in [5, 5.41) is 0. The third-order valence-corrected chi connectivity index (χ3v) is 4.48. The molecule has 0 N–H and O–H groups in total. The molecule has 0 atom stereocenters. The average molecular weight is 251 g/mol. The van der Waals surface area contributed by atoms with Gasteiger partial charge < -0.3 is 0 Å². The van der Waals surface area contributed by atoms with Gasteiger partial charge in [0.25, 0.3) is 0 Å². The van der Waals surface area contributed by atoms with E-state index in [0.717, 1.165) is 5.69 Å². The number of nitrogens with zero attached hydrogens (tertiary/aromatic N) is 1. The molecule has 0 fully saturated rings. The molecule has 96 valence electrons. The second-order valence-corrected chi connectivity index (χ2v) is 6.17. The summed E-state index contributed by atoms with van der Waals surface area (Å²) < 4.78 is 4.38. The van der Waals surface area contributed by atoms with Crippen LogP contribution in [0.3, 0.4) is 0 Å². The molecule has 0 saturated heterocycles. The monoisotopic (exact) mass is 251 g/mol. The average Bonchev–Trinajstić information content (AvgIpc) is 2.78. The molecule has 0 aromatic carbocycles. The van der Waals surface area contributed by atoms with Crippen molar-refractivity contribution in [1.29, 1.82) is 0 Å². The van der Waals surface area contributed by atoms with Crippen molar-refractivity contribution in [3.8, 4) is 0 Å². The first-order valence-electron chi connectivity index (χ1n) is 6.70. The number of hydrogen-bond acceptors (Lipinski definition) is 2. The Bertz CT molecular complexity index is 338. The molecule has 1 aromatic rings. The summed E-state index contributed by atoms with van der Waals surface area (Å²) in [5.41, 5.74) is 1.29. The van der Waals surface area contributed by atoms with E-state index >= 15 is 0 Å². The SMILES string of the molecule is C=Cc1cc(C(C)(C)CCCCCCC)sn1. The van der Waals surface area contributed by atoms with Gasteiger partial charge in [-0.05, 0) is 30.1 Å². The maximum absolute atomic E-state index is 4.38. The van der Waals surface area contributed by atoms with Gasteiger partial charge >= 0.3 is 0 Å². The third-order valence-electron chi connectivity index (χ3n) is 3.31. The minimum Gasteiger partial charge on any atom is -0.193 e. The zero-order chi connectivity index (χ0) is 12.7. The Morgan fingerprint density at radius 2 is 2.00 bits per heavy atom. The van der Waals surface area contributed by atoms with Crippen LogP contribution in [0.4, 0.5) is 0 Å². The zero-order valence-corrected chi connectivity index (χ0v) is 12.3. The topological polar surface area (TPSA) is 12.9 Å². The van der Waals surface area contributed by atoms with Gasteiger partial charge in [-0.3, -0.25) is 0 Å². The third kappa shape index (κ3) is 4.63. The van der Waals surface area contributed by atoms with Crippen LogP contribution in [0, 0.1) is 0 Å². The van der Waals surface area contributed by atoms with Crippen molar-refractivity contribution in [2.45, 2.75) is 64.7 Å². The number of rotatable bonds is 8. The Balaban J connectivity index is 2.41. The highest BCUT2D eigenvalue weighted by Crippen LogP contribution is 2.32. The van der Waals surface area contributed by atoms with Gasteiger partial charge in [-0.25, -0.2) is 0 Å². The molecule has 1 aromatic heterocycles. The van der Waals surface area contributed by atoms with Crippen molar-refractivity contribution in [3.05, 3.63) is 23.2 Å². The summed E-state index contributed by atoms with van der Waals surface area (Å²) in [6.07, 6.45) is 9.86. The first-order valence-corrected chi connectivity index (χ1v) is 7.47. The summed E-state index contributed by atoms with van der Waals surface area (Å²) in [7, 11) is 0. The molecule has 0 amide bonds. The van der Waals surface area contributed by atoms with Crippen LogP contribution in [0.15, 0.2) is 12.6 Å². The molecule has 1 nitrogen and oxygen atoms in total. The van der Waals surface area contributed by atoms with Crippen molar-refractivity contribution in [2.75, 3.05) is 0 Å². The van der Waals surface area contributed by atoms with Crippen molar-refractivity contribution in [2.24, 2.45) is 0 Å². The molecule has 0 saturated carbocycles. The predicted molar refractivity (Wildman–Crippen MR) is 78.6 cm³/mol. The maximum Gasteiger partial charge on any atom is 0.0765 e. The van der Waals surface area contributed by atoms with Crippen LogP contribution in [-0.4, -0.2) is 4.37 Å². The lowest BCUT2D eigenvalue weighted by molar-refractivity contribution is 0.451. The fourth-order valence-electron chi connectivity index (χ4n) is 2.00. The zero-order valence-electron chi connectivity index (χ0n) is 11.5. The summed E-state index contributed by atoms with van der Waals surface area (Å²) in [6, 6.07) is 2.18. The minimum absolute atomic E-state index is 0.269. The second kappa shape index (κ2) is 6.95. The Kier molecular flexibility index (Phi) is 5.90. The van der Waals surface area contributed by atoms with E-state index in [9.17, 15) is 0 Å². The second-order valence-electron chi connectivity index (χ2n) is 5.37. The molecule has 0 bridgehead atoms. The highest BCUT2D eigenvalue weighted by atomic mass is 32.1. The van der Waals surface area contributed by atoms with Gasteiger partial charge in [-0.1, -0.05) is 59.5 Å². The molecule has 17 heavy (non-hydrogen) atoms. The lowest BCUT2D eigenvalue weighted by Crippen LogP contribution is -2.15. The van der Waals surface area contributed by atoms with Crippen molar-refractivity contribution in [1.82, 2.24) is 4.37 Å². The van der Waals surface area contributed by atoms with Gasteiger partial charge in [0.2, 0.25) is 0 Å². The molecule has 0 aliphatic carbocycles. The summed E-state index contributed by atoms with van der Waals surface area (Å²) in [5.74, 6) is 0. The predicted octanol–water partition coefficient (Wildman–Crippen LogP) is 5.42. The van der Waals surface area contributed by atoms with Crippen LogP contribution in [0.2, 0.25) is 0 Å². The quantitative estimate of drug-likeness (QED) is 0.562. The van der Waals surface area contributed by atoms with E-state index in [4.69, 9.17) is 0 Å². The lowest BCUT2D eigenvalue weighted by Gasteiger charge is -2.22. The summed E-state index contributed by atoms with van der Waals surface area (Å²) in [4.78, 5) is 1.39. The summed E-state index contributed by atoms with van der Waals surface area (Å²) in [6.45, 7) is 10.7. The molecule has 0 aliphatic heterocycles. The van der Waals surface area contributed by atoms with Crippen molar-refractivity contribution in [3.63, 3.8) is 0 Å². The van der Waals surface area contributed by atoms with E-state index in [-0.39, 0.29) is 5.41 Å². The Labute approximate surface area is 110 Å². The molecular weight excluding hydrogens is 226 g/mol. The smallest absolute Gasteiger partial charge is 0.0765 e. The number of hydrogen-bond donors (Lipinski definition) is 0. The van der Waals surface area contributed by atoms with Crippen molar-refractivity contribution >= 4 is 17.6 Å². The van der Waals surface area contributed by atoms with Gasteiger partial charge in [0.1, 0.15) is 0 Å². The van der Waals surface area contributed by atoms with Gasteiger partial charge in [0, 0.05) is 10.3 Å². The van der Waals surface area contributed by atoms with E-state index in [1.807, 2.05) is 6.08 Å². The van der Waals surface area contributed by atoms with E-state index in [1.54, 1.807) is 11.5 Å². The van der Waals surface area contributed by atoms with Gasteiger partial charge in [-0.2, -0.15) is 4.37 Å². The molecule has 1 rings (SSSR count). The van der Waals surface area contributed by atoms with Crippen LogP contribution in [-0.2, 0) is 5.41 Å². The fraction of sp³-hybridized carbons (Fsp3) is 0.667. The molecule has 0 unspecified atom stereocenters. The van der Waals surface area contributed by atoms with Crippen LogP contribution in [0.25, 0.3) is 6.08 Å². The van der Waals surface area contributed by atoms with Crippen molar-refractivity contribution < 1.29 is 0 Å². The van der Waals surface area contributed by atoms with E-state index < -0.39 is 0 Å². The largest absolute Gasteiger partial charge is 0.193 e. The normalized spacial score (nSPS) is 11.7. The molecule has 0 spiro atoms. The minimum atomic E-state index is 0.269. The van der Waals surface area contributed by atoms with Crippen LogP contribution in [0.5, 0.6) is 0 Å². The standard InChI is InChI=1S/C15H25NS/c1-5-7-8-9-10-11-15(3,4)14-12-13(6-2)16-17-14/h6,12H,2,5,7-11H2,1,3-4H3. The highest BCUT2D eigenvalue weighted by Gasteiger charge is 2.22. The van der Waals surface area contributed by atoms with Crippen LogP contribution < -0.4 is 0 Å². The molecule has 0 radical (unpaired) electrons. The van der Waals surface area contributed by atoms with Gasteiger partial charge in [-0.15, -0.1) is 0 Å². The molecule has 2 heteroatoms. The Hall–Kier alpha value is -0.630. The molecule has 0 aliphatic rings. The maximum atomic E-state index is 4.38. The first kappa shape index (κ1) is 14.4. The fourth-order valence-corrected chi connectivity index (χ4v) is 2.85. The van der Waals surface area contributed by atoms with Gasteiger partial charge in [0.15, 0.2) is 0 Å². The lowest BCUT2D eigenvalue weighted by atomic mass is 9.85. The van der Waals surface area contributed by atoms with E-state index in [0.29, 0.717) is 0 Å². The van der Waals surface area contributed by atoms with Crippen LogP contribution in [0.1, 0.15) is 69.9 Å². The first-order chi connectivity index (χ1) is 8.10. The van der Waals surface area contributed by atoms with Gasteiger partial charge in [0.05, 0.1) is 5.69 Å². The van der Waals surface area contributed by atoms with Crippen LogP contribution >= 0.6 is 11.5 Å². The highest BCUT2D eigenvalue weighted by molar-refractivity contribution is 7.06. The number of unbranched alkanes of at least 4 members (excludes halogenated alkanes) is 4. The molecule has 1 heterocycles. The molecular formula is C15H25NS.